The normalized spacial score (nSPS) is 38.0. The zero-order valence-corrected chi connectivity index (χ0v) is 14.7. The van der Waals surface area contributed by atoms with Crippen molar-refractivity contribution in [1.29, 1.82) is 0 Å². The predicted molar refractivity (Wildman–Crippen MR) is 87.9 cm³/mol. The summed E-state index contributed by atoms with van der Waals surface area (Å²) < 4.78 is 4.98. The molecule has 3 nitrogen and oxygen atoms in total. The van der Waals surface area contributed by atoms with Crippen LogP contribution >= 0.6 is 23.2 Å². The number of esters is 1. The maximum atomic E-state index is 13.0. The standard InChI is InChI=1S/C17H22Cl2O3/c1-11-8-13(19)5-4-12(11)9-17(15(21)22-3)7-6-16(2,10-18)14(17)20/h4-5,8,11-12H,6-7,9-10H2,1-3H3. The molecule has 1 saturated carbocycles. The minimum absolute atomic E-state index is 0.0805. The molecular weight excluding hydrogens is 323 g/mol. The van der Waals surface area contributed by atoms with Gasteiger partial charge in [-0.1, -0.05) is 37.6 Å². The van der Waals surface area contributed by atoms with Crippen molar-refractivity contribution < 1.29 is 14.3 Å². The highest BCUT2D eigenvalue weighted by atomic mass is 35.5. The van der Waals surface area contributed by atoms with E-state index in [1.54, 1.807) is 0 Å². The van der Waals surface area contributed by atoms with Crippen LogP contribution in [0.1, 0.15) is 33.1 Å². The van der Waals surface area contributed by atoms with Gasteiger partial charge in [-0.2, -0.15) is 0 Å². The minimum Gasteiger partial charge on any atom is -0.468 e. The van der Waals surface area contributed by atoms with Gasteiger partial charge in [-0.25, -0.2) is 0 Å². The van der Waals surface area contributed by atoms with E-state index in [0.29, 0.717) is 24.3 Å². The molecule has 0 spiro atoms. The fourth-order valence-corrected chi connectivity index (χ4v) is 4.09. The molecule has 2 aliphatic carbocycles. The molecule has 122 valence electrons. The van der Waals surface area contributed by atoms with Crippen LogP contribution in [-0.2, 0) is 14.3 Å². The molecule has 2 aliphatic rings. The van der Waals surface area contributed by atoms with Crippen molar-refractivity contribution >= 4 is 35.0 Å². The summed E-state index contributed by atoms with van der Waals surface area (Å²) in [5, 5.41) is 0.694. The first-order valence-electron chi connectivity index (χ1n) is 7.54. The second-order valence-electron chi connectivity index (χ2n) is 6.73. The number of ether oxygens (including phenoxy) is 1. The van der Waals surface area contributed by atoms with Crippen LogP contribution in [-0.4, -0.2) is 24.7 Å². The van der Waals surface area contributed by atoms with Gasteiger partial charge in [-0.3, -0.25) is 9.59 Å². The number of carbonyl (C=O) groups excluding carboxylic acids is 2. The number of hydrogen-bond acceptors (Lipinski definition) is 3. The molecule has 0 aromatic carbocycles. The first-order chi connectivity index (χ1) is 10.3. The summed E-state index contributed by atoms with van der Waals surface area (Å²) in [5.74, 6) is -0.0274. The van der Waals surface area contributed by atoms with Crippen molar-refractivity contribution in [2.75, 3.05) is 13.0 Å². The van der Waals surface area contributed by atoms with E-state index in [1.165, 1.54) is 7.11 Å². The van der Waals surface area contributed by atoms with E-state index in [-0.39, 0.29) is 23.5 Å². The van der Waals surface area contributed by atoms with Crippen molar-refractivity contribution in [2.24, 2.45) is 22.7 Å². The van der Waals surface area contributed by atoms with Crippen molar-refractivity contribution in [3.05, 3.63) is 23.3 Å². The number of Topliss-reactive ketones (excluding diaryl/α,β-unsaturated/α-hetero) is 1. The number of ketones is 1. The second-order valence-corrected chi connectivity index (χ2v) is 7.44. The molecule has 0 aromatic rings. The fourth-order valence-electron chi connectivity index (χ4n) is 3.57. The summed E-state index contributed by atoms with van der Waals surface area (Å²) in [7, 11) is 1.34. The zero-order chi connectivity index (χ0) is 16.5. The highest BCUT2D eigenvalue weighted by Gasteiger charge is 2.59. The SMILES string of the molecule is COC(=O)C1(CC2C=CC(Cl)=CC2C)CCC(C)(CCl)C1=O. The lowest BCUT2D eigenvalue weighted by atomic mass is 9.70. The van der Waals surface area contributed by atoms with Gasteiger partial charge in [0.15, 0.2) is 5.78 Å². The minimum atomic E-state index is -1.08. The van der Waals surface area contributed by atoms with Gasteiger partial charge in [-0.15, -0.1) is 11.6 Å². The fraction of sp³-hybridized carbons (Fsp3) is 0.647. The summed E-state index contributed by atoms with van der Waals surface area (Å²) in [5.41, 5.74) is -1.73. The molecular formula is C17H22Cl2O3. The van der Waals surface area contributed by atoms with Crippen LogP contribution in [0.3, 0.4) is 0 Å². The van der Waals surface area contributed by atoms with Gasteiger partial charge < -0.3 is 4.74 Å². The molecule has 1 fully saturated rings. The monoisotopic (exact) mass is 344 g/mol. The maximum absolute atomic E-state index is 13.0. The quantitative estimate of drug-likeness (QED) is 0.438. The highest BCUT2D eigenvalue weighted by Crippen LogP contribution is 2.51. The van der Waals surface area contributed by atoms with E-state index < -0.39 is 16.8 Å². The lowest BCUT2D eigenvalue weighted by Crippen LogP contribution is -2.43. The van der Waals surface area contributed by atoms with Gasteiger partial charge in [0.1, 0.15) is 5.41 Å². The summed E-state index contributed by atoms with van der Waals surface area (Å²) in [4.78, 5) is 25.4. The highest BCUT2D eigenvalue weighted by molar-refractivity contribution is 6.31. The molecule has 5 heteroatoms. The van der Waals surface area contributed by atoms with Gasteiger partial charge >= 0.3 is 5.97 Å². The van der Waals surface area contributed by atoms with Crippen LogP contribution in [0.25, 0.3) is 0 Å². The van der Waals surface area contributed by atoms with Gasteiger partial charge in [0.25, 0.3) is 0 Å². The lowest BCUT2D eigenvalue weighted by molar-refractivity contribution is -0.159. The third-order valence-electron chi connectivity index (χ3n) is 5.14. The first kappa shape index (κ1) is 17.6. The lowest BCUT2D eigenvalue weighted by Gasteiger charge is -2.32. The van der Waals surface area contributed by atoms with Crippen molar-refractivity contribution in [1.82, 2.24) is 0 Å². The van der Waals surface area contributed by atoms with Crippen molar-refractivity contribution in [3.63, 3.8) is 0 Å². The van der Waals surface area contributed by atoms with Gasteiger partial charge in [0, 0.05) is 16.3 Å². The number of halogens is 2. The summed E-state index contributed by atoms with van der Waals surface area (Å²) in [6.45, 7) is 3.88. The smallest absolute Gasteiger partial charge is 0.319 e. The van der Waals surface area contributed by atoms with E-state index in [2.05, 4.69) is 0 Å². The number of alkyl halides is 1. The van der Waals surface area contributed by atoms with Crippen LogP contribution in [0, 0.1) is 22.7 Å². The van der Waals surface area contributed by atoms with Crippen LogP contribution in [0.15, 0.2) is 23.3 Å². The Morgan fingerprint density at radius 3 is 2.64 bits per heavy atom. The zero-order valence-electron chi connectivity index (χ0n) is 13.2. The summed E-state index contributed by atoms with van der Waals surface area (Å²) in [6, 6.07) is 0. The Kier molecular flexibility index (Phi) is 5.08. The van der Waals surface area contributed by atoms with Crippen molar-refractivity contribution in [2.45, 2.75) is 33.1 Å². The van der Waals surface area contributed by atoms with Crippen molar-refractivity contribution in [3.8, 4) is 0 Å². The average Bonchev–Trinajstić information content (AvgIpc) is 2.76. The molecule has 0 saturated heterocycles. The van der Waals surface area contributed by atoms with Crippen LogP contribution in [0.4, 0.5) is 0 Å². The molecule has 2 rings (SSSR count). The molecule has 0 aliphatic heterocycles. The first-order valence-corrected chi connectivity index (χ1v) is 8.45. The molecule has 0 aromatic heterocycles. The third kappa shape index (κ3) is 2.85. The molecule has 4 atom stereocenters. The third-order valence-corrected chi connectivity index (χ3v) is 5.98. The Morgan fingerprint density at radius 1 is 1.45 bits per heavy atom. The maximum Gasteiger partial charge on any atom is 0.319 e. The van der Waals surface area contributed by atoms with E-state index in [9.17, 15) is 9.59 Å². The second kappa shape index (κ2) is 6.37. The molecule has 0 amide bonds. The average molecular weight is 345 g/mol. The van der Waals surface area contributed by atoms with E-state index in [0.717, 1.165) is 0 Å². The van der Waals surface area contributed by atoms with Gasteiger partial charge in [-0.05, 0) is 37.2 Å². The number of methoxy groups -OCH3 is 1. The largest absolute Gasteiger partial charge is 0.468 e. The Morgan fingerprint density at radius 2 is 2.14 bits per heavy atom. The summed E-state index contributed by atoms with van der Waals surface area (Å²) >= 11 is 12.0. The number of allylic oxidation sites excluding steroid dienone is 4. The Balaban J connectivity index is 2.32. The molecule has 0 radical (unpaired) electrons. The van der Waals surface area contributed by atoms with E-state index in [4.69, 9.17) is 27.9 Å². The Bertz CT molecular complexity index is 540. The van der Waals surface area contributed by atoms with Crippen LogP contribution in [0.5, 0.6) is 0 Å². The number of hydrogen-bond donors (Lipinski definition) is 0. The van der Waals surface area contributed by atoms with E-state index in [1.807, 2.05) is 32.1 Å². The molecule has 0 N–H and O–H groups in total. The Hall–Kier alpha value is -0.800. The predicted octanol–water partition coefficient (Wildman–Crippen LogP) is 4.09. The molecule has 0 bridgehead atoms. The molecule has 0 heterocycles. The number of rotatable bonds is 4. The topological polar surface area (TPSA) is 43.4 Å². The number of carbonyl (C=O) groups is 2. The van der Waals surface area contributed by atoms with Gasteiger partial charge in [0.2, 0.25) is 0 Å². The van der Waals surface area contributed by atoms with Gasteiger partial charge in [0.05, 0.1) is 7.11 Å². The molecule has 4 unspecified atom stereocenters. The van der Waals surface area contributed by atoms with Crippen LogP contribution < -0.4 is 0 Å². The Labute approximate surface area is 141 Å². The summed E-state index contributed by atoms with van der Waals surface area (Å²) in [6.07, 6.45) is 7.33. The van der Waals surface area contributed by atoms with E-state index >= 15 is 0 Å². The van der Waals surface area contributed by atoms with Crippen LogP contribution in [0.2, 0.25) is 0 Å². The molecule has 22 heavy (non-hydrogen) atoms.